The van der Waals surface area contributed by atoms with Crippen molar-refractivity contribution in [3.05, 3.63) is 70.6 Å². The number of terminal acetylenes is 1. The minimum atomic E-state index is -0.936. The van der Waals surface area contributed by atoms with E-state index in [1.165, 1.54) is 20.5 Å². The average Bonchev–Trinajstić information content (AvgIpc) is 3.25. The van der Waals surface area contributed by atoms with Crippen LogP contribution < -0.4 is 33.8 Å². The van der Waals surface area contributed by atoms with E-state index >= 15 is 0 Å². The molecule has 194 valence electrons. The van der Waals surface area contributed by atoms with Gasteiger partial charge in [0.05, 0.1) is 25.2 Å². The van der Waals surface area contributed by atoms with Crippen LogP contribution in [0.4, 0.5) is 0 Å². The van der Waals surface area contributed by atoms with Crippen LogP contribution in [0.1, 0.15) is 19.4 Å². The first kappa shape index (κ1) is 24.9. The van der Waals surface area contributed by atoms with E-state index in [2.05, 4.69) is 5.92 Å². The lowest BCUT2D eigenvalue weighted by molar-refractivity contribution is -0.0447. The molecule has 2 heterocycles. The monoisotopic (exact) mass is 514 g/mol. The number of hydrogen-bond donors (Lipinski definition) is 0. The van der Waals surface area contributed by atoms with Gasteiger partial charge in [-0.3, -0.25) is 4.79 Å². The first-order chi connectivity index (χ1) is 18.3. The third-order valence-electron chi connectivity index (χ3n) is 5.95. The second kappa shape index (κ2) is 9.94. The van der Waals surface area contributed by atoms with Gasteiger partial charge in [-0.15, -0.1) is 6.42 Å². The fourth-order valence-corrected chi connectivity index (χ4v) is 4.26. The van der Waals surface area contributed by atoms with Gasteiger partial charge in [-0.25, -0.2) is 0 Å². The number of hydrogen-bond acceptors (Lipinski definition) is 8. The molecule has 3 aromatic carbocycles. The van der Waals surface area contributed by atoms with Gasteiger partial charge in [0.1, 0.15) is 25.1 Å². The summed E-state index contributed by atoms with van der Waals surface area (Å²) >= 11 is 0. The zero-order chi connectivity index (χ0) is 26.9. The summed E-state index contributed by atoms with van der Waals surface area (Å²) in [6, 6.07) is 14.5. The quantitative estimate of drug-likeness (QED) is 0.282. The molecule has 38 heavy (non-hydrogen) atoms. The van der Waals surface area contributed by atoms with Gasteiger partial charge in [-0.1, -0.05) is 36.3 Å². The van der Waals surface area contributed by atoms with Crippen LogP contribution in [-0.4, -0.2) is 26.6 Å². The summed E-state index contributed by atoms with van der Waals surface area (Å²) in [5.74, 6) is 3.69. The van der Waals surface area contributed by atoms with E-state index < -0.39 is 5.79 Å². The lowest BCUT2D eigenvalue weighted by Crippen LogP contribution is -2.29. The minimum Gasteiger partial charge on any atom is -0.493 e. The molecule has 8 heteroatoms. The first-order valence-electron chi connectivity index (χ1n) is 11.8. The topological polar surface area (TPSA) is 85.6 Å². The summed E-state index contributed by atoms with van der Waals surface area (Å²) in [5, 5.41) is 0.278. The highest BCUT2D eigenvalue weighted by Crippen LogP contribution is 2.55. The second-order valence-corrected chi connectivity index (χ2v) is 8.96. The Kier molecular flexibility index (Phi) is 6.52. The second-order valence-electron chi connectivity index (χ2n) is 8.96. The molecule has 4 aromatic rings. The smallest absolute Gasteiger partial charge is 0.246 e. The Morgan fingerprint density at radius 2 is 1.63 bits per heavy atom. The van der Waals surface area contributed by atoms with Crippen molar-refractivity contribution in [2.75, 3.05) is 20.8 Å². The fraction of sp³-hybridized carbons (Fsp3) is 0.233. The first-order valence-corrected chi connectivity index (χ1v) is 11.8. The molecular formula is C30H26O8. The van der Waals surface area contributed by atoms with Gasteiger partial charge in [-0.2, -0.15) is 0 Å². The third-order valence-corrected chi connectivity index (χ3v) is 5.95. The van der Waals surface area contributed by atoms with Crippen LogP contribution in [0.5, 0.6) is 34.5 Å². The van der Waals surface area contributed by atoms with Crippen molar-refractivity contribution in [3.8, 4) is 58.0 Å². The van der Waals surface area contributed by atoms with E-state index in [0.717, 1.165) is 5.56 Å². The molecule has 8 nitrogen and oxygen atoms in total. The van der Waals surface area contributed by atoms with Crippen molar-refractivity contribution >= 4 is 11.0 Å². The van der Waals surface area contributed by atoms with E-state index in [1.807, 2.05) is 30.3 Å². The van der Waals surface area contributed by atoms with Crippen molar-refractivity contribution in [1.29, 1.82) is 0 Å². The van der Waals surface area contributed by atoms with E-state index in [-0.39, 0.29) is 23.0 Å². The molecule has 0 unspecified atom stereocenters. The zero-order valence-electron chi connectivity index (χ0n) is 21.5. The van der Waals surface area contributed by atoms with Crippen molar-refractivity contribution < 1.29 is 32.8 Å². The Hall–Kier alpha value is -4.77. The predicted molar refractivity (Wildman–Crippen MR) is 141 cm³/mol. The summed E-state index contributed by atoms with van der Waals surface area (Å²) in [6.07, 6.45) is 6.79. The van der Waals surface area contributed by atoms with Crippen LogP contribution in [0.25, 0.3) is 22.1 Å². The third kappa shape index (κ3) is 4.55. The SMILES string of the molecule is C#CCOc1cc2c(=O)c(-c3cc(OC)c4c(c3OC)OC(C)(C)O4)coc2cc1OCc1ccccc1. The standard InChI is InChI=1S/C30H26O8/c1-6-12-34-23-14-20-22(15-24(23)35-16-18-10-8-7-9-11-18)36-17-21(26(20)31)19-13-25(32-4)28-29(27(19)33-5)38-30(2,3)37-28/h1,7-11,13-15,17H,12,16H2,2-5H3. The number of fused-ring (bicyclic) bond motifs is 2. The number of rotatable bonds is 8. The number of benzene rings is 3. The van der Waals surface area contributed by atoms with E-state index in [1.54, 1.807) is 32.0 Å². The number of ether oxygens (including phenoxy) is 6. The highest BCUT2D eigenvalue weighted by molar-refractivity contribution is 5.87. The van der Waals surface area contributed by atoms with Gasteiger partial charge in [0, 0.05) is 25.5 Å². The van der Waals surface area contributed by atoms with Gasteiger partial charge in [0.25, 0.3) is 0 Å². The Balaban J connectivity index is 1.62. The highest BCUT2D eigenvalue weighted by Gasteiger charge is 2.39. The Morgan fingerprint density at radius 1 is 0.895 bits per heavy atom. The lowest BCUT2D eigenvalue weighted by Gasteiger charge is -2.16. The maximum Gasteiger partial charge on any atom is 0.246 e. The Labute approximate surface area is 219 Å². The highest BCUT2D eigenvalue weighted by atomic mass is 16.7. The molecule has 0 aliphatic carbocycles. The summed E-state index contributed by atoms with van der Waals surface area (Å²) in [6.45, 7) is 3.84. The molecule has 5 rings (SSSR count). The summed E-state index contributed by atoms with van der Waals surface area (Å²) < 4.78 is 40.7. The Bertz CT molecular complexity index is 1600. The minimum absolute atomic E-state index is 0.00119. The lowest BCUT2D eigenvalue weighted by atomic mass is 10.0. The molecule has 1 aliphatic heterocycles. The van der Waals surface area contributed by atoms with Crippen LogP contribution in [-0.2, 0) is 6.61 Å². The maximum absolute atomic E-state index is 13.8. The molecule has 1 aliphatic rings. The van der Waals surface area contributed by atoms with E-state index in [4.69, 9.17) is 39.3 Å². The van der Waals surface area contributed by atoms with Crippen LogP contribution in [0.15, 0.2) is 64.0 Å². The van der Waals surface area contributed by atoms with Gasteiger partial charge in [0.15, 0.2) is 23.0 Å². The van der Waals surface area contributed by atoms with E-state index in [9.17, 15) is 4.79 Å². The van der Waals surface area contributed by atoms with Crippen molar-refractivity contribution in [2.45, 2.75) is 26.2 Å². The normalized spacial score (nSPS) is 13.1. The van der Waals surface area contributed by atoms with Gasteiger partial charge < -0.3 is 32.8 Å². The van der Waals surface area contributed by atoms with Crippen LogP contribution in [0.3, 0.4) is 0 Å². The summed E-state index contributed by atoms with van der Waals surface area (Å²) in [7, 11) is 3.00. The number of methoxy groups -OCH3 is 2. The molecule has 0 saturated carbocycles. The Morgan fingerprint density at radius 3 is 2.34 bits per heavy atom. The molecule has 0 bridgehead atoms. The molecule has 0 radical (unpaired) electrons. The van der Waals surface area contributed by atoms with Crippen LogP contribution in [0.2, 0.25) is 0 Å². The maximum atomic E-state index is 13.8. The van der Waals surface area contributed by atoms with E-state index in [0.29, 0.717) is 52.3 Å². The fourth-order valence-electron chi connectivity index (χ4n) is 4.26. The molecular weight excluding hydrogens is 488 g/mol. The molecule has 0 atom stereocenters. The predicted octanol–water partition coefficient (Wildman–Crippen LogP) is 5.58. The van der Waals surface area contributed by atoms with Crippen molar-refractivity contribution in [1.82, 2.24) is 0 Å². The molecule has 0 amide bonds. The van der Waals surface area contributed by atoms with Gasteiger partial charge in [-0.05, 0) is 17.7 Å². The summed E-state index contributed by atoms with van der Waals surface area (Å²) in [4.78, 5) is 13.8. The van der Waals surface area contributed by atoms with Crippen molar-refractivity contribution in [3.63, 3.8) is 0 Å². The molecule has 1 aromatic heterocycles. The van der Waals surface area contributed by atoms with Crippen LogP contribution >= 0.6 is 0 Å². The molecule has 0 saturated heterocycles. The zero-order valence-corrected chi connectivity index (χ0v) is 21.5. The molecule has 0 fully saturated rings. The molecule has 0 N–H and O–H groups in total. The van der Waals surface area contributed by atoms with Crippen LogP contribution in [0, 0.1) is 12.3 Å². The van der Waals surface area contributed by atoms with Gasteiger partial charge in [0.2, 0.25) is 22.7 Å². The molecule has 0 spiro atoms. The summed E-state index contributed by atoms with van der Waals surface area (Å²) in [5.41, 5.74) is 1.65. The van der Waals surface area contributed by atoms with Gasteiger partial charge >= 0.3 is 0 Å². The largest absolute Gasteiger partial charge is 0.493 e. The van der Waals surface area contributed by atoms with Crippen molar-refractivity contribution in [2.24, 2.45) is 0 Å². The average molecular weight is 515 g/mol.